The minimum atomic E-state index is -0.637. The Morgan fingerprint density at radius 2 is 1.35 bits per heavy atom. The van der Waals surface area contributed by atoms with Gasteiger partial charge in [0.15, 0.2) is 0 Å². The van der Waals surface area contributed by atoms with Crippen LogP contribution in [0.3, 0.4) is 0 Å². The van der Waals surface area contributed by atoms with Crippen molar-refractivity contribution in [2.24, 2.45) is 0 Å². The van der Waals surface area contributed by atoms with Gasteiger partial charge in [-0.2, -0.15) is 0 Å². The van der Waals surface area contributed by atoms with Crippen molar-refractivity contribution in [2.45, 2.75) is 38.1 Å². The van der Waals surface area contributed by atoms with Gasteiger partial charge in [0.2, 0.25) is 0 Å². The van der Waals surface area contributed by atoms with E-state index < -0.39 is 6.10 Å². The third kappa shape index (κ3) is 5.25. The first-order valence-corrected chi connectivity index (χ1v) is 10.7. The normalized spacial score (nSPS) is 19.3. The zero-order valence-corrected chi connectivity index (χ0v) is 17.5. The smallest absolute Gasteiger partial charge is 0.320 e. The van der Waals surface area contributed by atoms with Crippen LogP contribution >= 0.6 is 0 Å². The predicted octanol–water partition coefficient (Wildman–Crippen LogP) is 4.19. The summed E-state index contributed by atoms with van der Waals surface area (Å²) in [6, 6.07) is 26.4. The van der Waals surface area contributed by atoms with Crippen LogP contribution in [0.15, 0.2) is 84.9 Å². The number of urea groups is 1. The molecular formula is C26H28N2O3. The molecule has 1 heterocycles. The highest BCUT2D eigenvalue weighted by Gasteiger charge is 2.36. The highest BCUT2D eigenvalue weighted by Crippen LogP contribution is 2.25. The molecule has 5 heteroatoms. The number of benzene rings is 3. The molecule has 0 saturated carbocycles. The Labute approximate surface area is 183 Å². The molecule has 1 aliphatic heterocycles. The van der Waals surface area contributed by atoms with Crippen molar-refractivity contribution < 1.29 is 15.0 Å². The van der Waals surface area contributed by atoms with Crippen molar-refractivity contribution in [3.05, 3.63) is 102 Å². The third-order valence-electron chi connectivity index (χ3n) is 5.85. The summed E-state index contributed by atoms with van der Waals surface area (Å²) in [4.78, 5) is 17.3. The summed E-state index contributed by atoms with van der Waals surface area (Å²) < 4.78 is 0. The van der Waals surface area contributed by atoms with Gasteiger partial charge in [-0.05, 0) is 41.7 Å². The maximum atomic E-state index is 13.7. The molecular weight excluding hydrogens is 388 g/mol. The Hall–Kier alpha value is -3.31. The van der Waals surface area contributed by atoms with Gasteiger partial charge in [-0.1, -0.05) is 72.8 Å². The maximum absolute atomic E-state index is 13.7. The SMILES string of the molecule is O=C1N(Cc2ccccc2)CCC(O)C(Cc2ccc(O)cc2)N1Cc1ccccc1. The number of hydrogen-bond donors (Lipinski definition) is 2. The predicted molar refractivity (Wildman–Crippen MR) is 120 cm³/mol. The molecule has 0 aliphatic carbocycles. The first-order valence-electron chi connectivity index (χ1n) is 10.7. The van der Waals surface area contributed by atoms with E-state index in [0.717, 1.165) is 16.7 Å². The number of aliphatic hydroxyl groups is 1. The number of phenolic OH excluding ortho intramolecular Hbond substituents is 1. The zero-order chi connectivity index (χ0) is 21.6. The molecule has 4 rings (SSSR count). The standard InChI is InChI=1S/C26H28N2O3/c29-23-13-11-20(12-14-23)17-24-25(30)15-16-27(18-21-7-3-1-4-8-21)26(31)28(24)19-22-9-5-2-6-10-22/h1-14,24-25,29-30H,15-19H2. The lowest BCUT2D eigenvalue weighted by Crippen LogP contribution is -2.49. The van der Waals surface area contributed by atoms with Crippen LogP contribution in [-0.4, -0.2) is 44.7 Å². The molecule has 2 atom stereocenters. The molecule has 0 spiro atoms. The van der Waals surface area contributed by atoms with Crippen LogP contribution < -0.4 is 0 Å². The molecule has 0 aromatic heterocycles. The summed E-state index contributed by atoms with van der Waals surface area (Å²) in [5, 5.41) is 20.6. The van der Waals surface area contributed by atoms with Gasteiger partial charge in [-0.25, -0.2) is 4.79 Å². The highest BCUT2D eigenvalue weighted by atomic mass is 16.3. The van der Waals surface area contributed by atoms with Crippen molar-refractivity contribution in [3.8, 4) is 5.75 Å². The molecule has 3 aromatic rings. The molecule has 2 amide bonds. The Morgan fingerprint density at radius 1 is 0.774 bits per heavy atom. The van der Waals surface area contributed by atoms with Gasteiger partial charge in [0.25, 0.3) is 0 Å². The lowest BCUT2D eigenvalue weighted by molar-refractivity contribution is 0.0679. The van der Waals surface area contributed by atoms with E-state index in [2.05, 4.69) is 0 Å². The van der Waals surface area contributed by atoms with Gasteiger partial charge in [0.1, 0.15) is 5.75 Å². The molecule has 1 aliphatic rings. The second-order valence-corrected chi connectivity index (χ2v) is 8.10. The Morgan fingerprint density at radius 3 is 1.97 bits per heavy atom. The number of aliphatic hydroxyl groups excluding tert-OH is 1. The van der Waals surface area contributed by atoms with Gasteiger partial charge in [0.05, 0.1) is 12.1 Å². The van der Waals surface area contributed by atoms with Gasteiger partial charge in [-0.3, -0.25) is 0 Å². The zero-order valence-electron chi connectivity index (χ0n) is 17.5. The van der Waals surface area contributed by atoms with E-state index >= 15 is 0 Å². The van der Waals surface area contributed by atoms with Crippen LogP contribution in [0.1, 0.15) is 23.1 Å². The van der Waals surface area contributed by atoms with Crippen LogP contribution in [-0.2, 0) is 19.5 Å². The van der Waals surface area contributed by atoms with Crippen LogP contribution in [0, 0.1) is 0 Å². The third-order valence-corrected chi connectivity index (χ3v) is 5.85. The second-order valence-electron chi connectivity index (χ2n) is 8.10. The van der Waals surface area contributed by atoms with Crippen molar-refractivity contribution in [1.29, 1.82) is 0 Å². The number of rotatable bonds is 6. The minimum absolute atomic E-state index is 0.0620. The molecule has 5 nitrogen and oxygen atoms in total. The minimum Gasteiger partial charge on any atom is -0.508 e. The van der Waals surface area contributed by atoms with Crippen LogP contribution in [0.5, 0.6) is 5.75 Å². The summed E-state index contributed by atoms with van der Waals surface area (Å²) in [6.45, 7) is 1.46. The number of carbonyl (C=O) groups excluding carboxylic acids is 1. The maximum Gasteiger partial charge on any atom is 0.320 e. The van der Waals surface area contributed by atoms with Crippen LogP contribution in [0.2, 0.25) is 0 Å². The molecule has 160 valence electrons. The van der Waals surface area contributed by atoms with E-state index in [9.17, 15) is 15.0 Å². The summed E-state index contributed by atoms with van der Waals surface area (Å²) in [7, 11) is 0. The van der Waals surface area contributed by atoms with Crippen molar-refractivity contribution in [1.82, 2.24) is 9.80 Å². The van der Waals surface area contributed by atoms with Crippen molar-refractivity contribution in [2.75, 3.05) is 6.54 Å². The first kappa shape index (κ1) is 20.9. The number of amides is 2. The van der Waals surface area contributed by atoms with E-state index in [-0.39, 0.29) is 17.8 Å². The average molecular weight is 417 g/mol. The second kappa shape index (κ2) is 9.67. The molecule has 1 saturated heterocycles. The molecule has 0 radical (unpaired) electrons. The Kier molecular flexibility index (Phi) is 6.53. The van der Waals surface area contributed by atoms with Gasteiger partial charge in [0, 0.05) is 19.6 Å². The van der Waals surface area contributed by atoms with E-state index in [0.29, 0.717) is 32.5 Å². The number of aromatic hydroxyl groups is 1. The fraction of sp³-hybridized carbons (Fsp3) is 0.269. The topological polar surface area (TPSA) is 64.0 Å². The highest BCUT2D eigenvalue weighted by molar-refractivity contribution is 5.75. The fourth-order valence-corrected chi connectivity index (χ4v) is 4.14. The molecule has 1 fully saturated rings. The van der Waals surface area contributed by atoms with Crippen molar-refractivity contribution >= 4 is 6.03 Å². The Bertz CT molecular complexity index is 977. The number of nitrogens with zero attached hydrogens (tertiary/aromatic N) is 2. The molecule has 2 unspecified atom stereocenters. The monoisotopic (exact) mass is 416 g/mol. The summed E-state index contributed by atoms with van der Waals surface area (Å²) in [5.74, 6) is 0.205. The Balaban J connectivity index is 1.62. The lowest BCUT2D eigenvalue weighted by atomic mass is 9.97. The lowest BCUT2D eigenvalue weighted by Gasteiger charge is -2.34. The molecule has 2 N–H and O–H groups in total. The number of hydrogen-bond acceptors (Lipinski definition) is 3. The van der Waals surface area contributed by atoms with Crippen LogP contribution in [0.25, 0.3) is 0 Å². The van der Waals surface area contributed by atoms with Crippen molar-refractivity contribution in [3.63, 3.8) is 0 Å². The first-order chi connectivity index (χ1) is 15.1. The molecule has 31 heavy (non-hydrogen) atoms. The largest absolute Gasteiger partial charge is 0.508 e. The molecule has 0 bridgehead atoms. The van der Waals surface area contributed by atoms with Crippen LogP contribution in [0.4, 0.5) is 4.79 Å². The van der Waals surface area contributed by atoms with Gasteiger partial charge < -0.3 is 20.0 Å². The fourth-order valence-electron chi connectivity index (χ4n) is 4.14. The molecule has 3 aromatic carbocycles. The van der Waals surface area contributed by atoms with E-state index in [4.69, 9.17) is 0 Å². The van der Waals surface area contributed by atoms with E-state index in [1.54, 1.807) is 12.1 Å². The summed E-state index contributed by atoms with van der Waals surface area (Å²) in [5.41, 5.74) is 3.08. The quantitative estimate of drug-likeness (QED) is 0.633. The van der Waals surface area contributed by atoms with Gasteiger partial charge in [-0.15, -0.1) is 0 Å². The summed E-state index contributed by atoms with van der Waals surface area (Å²) in [6.07, 6.45) is 0.411. The van der Waals surface area contributed by atoms with E-state index in [1.807, 2.05) is 82.6 Å². The average Bonchev–Trinajstić information content (AvgIpc) is 2.90. The van der Waals surface area contributed by atoms with E-state index in [1.165, 1.54) is 0 Å². The number of phenols is 1. The number of carbonyl (C=O) groups is 1. The summed E-state index contributed by atoms with van der Waals surface area (Å²) >= 11 is 0. The van der Waals surface area contributed by atoms with Gasteiger partial charge >= 0.3 is 6.03 Å².